The van der Waals surface area contributed by atoms with E-state index in [1.54, 1.807) is 12.1 Å². The average Bonchev–Trinajstić information content (AvgIpc) is 2.93. The maximum Gasteiger partial charge on any atom is 0.315 e. The molecule has 0 saturated carbocycles. The molecule has 0 radical (unpaired) electrons. The SMILES string of the molecule is CN(CC(=O)NC(C)(C)C)C(=O)CNC(=O)NCc1ccco1. The fourth-order valence-electron chi connectivity index (χ4n) is 1.70. The summed E-state index contributed by atoms with van der Waals surface area (Å²) in [4.78, 5) is 36.4. The molecule has 128 valence electrons. The van der Waals surface area contributed by atoms with Crippen LogP contribution in [-0.4, -0.2) is 48.4 Å². The average molecular weight is 324 g/mol. The zero-order valence-corrected chi connectivity index (χ0v) is 13.9. The van der Waals surface area contributed by atoms with E-state index in [1.165, 1.54) is 18.2 Å². The van der Waals surface area contributed by atoms with E-state index >= 15 is 0 Å². The second-order valence-electron chi connectivity index (χ2n) is 6.16. The predicted octanol–water partition coefficient (Wildman–Crippen LogP) is 0.452. The summed E-state index contributed by atoms with van der Waals surface area (Å²) >= 11 is 0. The molecule has 3 N–H and O–H groups in total. The monoisotopic (exact) mass is 324 g/mol. The molecule has 0 saturated heterocycles. The van der Waals surface area contributed by atoms with Crippen LogP contribution in [0.3, 0.4) is 0 Å². The zero-order valence-electron chi connectivity index (χ0n) is 13.9. The Labute approximate surface area is 135 Å². The molecule has 1 aromatic rings. The number of carbonyl (C=O) groups is 3. The van der Waals surface area contributed by atoms with Crippen molar-refractivity contribution < 1.29 is 18.8 Å². The van der Waals surface area contributed by atoms with Crippen LogP contribution in [0.1, 0.15) is 26.5 Å². The van der Waals surface area contributed by atoms with Crippen molar-refractivity contribution in [3.8, 4) is 0 Å². The minimum absolute atomic E-state index is 0.0637. The van der Waals surface area contributed by atoms with Gasteiger partial charge in [0.1, 0.15) is 5.76 Å². The summed E-state index contributed by atoms with van der Waals surface area (Å²) in [7, 11) is 1.51. The van der Waals surface area contributed by atoms with Gasteiger partial charge in [0.25, 0.3) is 0 Å². The van der Waals surface area contributed by atoms with Crippen molar-refractivity contribution in [1.82, 2.24) is 20.9 Å². The maximum atomic E-state index is 11.9. The number of furan rings is 1. The van der Waals surface area contributed by atoms with Gasteiger partial charge in [0.05, 0.1) is 25.9 Å². The molecule has 0 fully saturated rings. The van der Waals surface area contributed by atoms with Gasteiger partial charge in [-0.1, -0.05) is 0 Å². The van der Waals surface area contributed by atoms with Crippen molar-refractivity contribution in [2.24, 2.45) is 0 Å². The second-order valence-corrected chi connectivity index (χ2v) is 6.16. The van der Waals surface area contributed by atoms with Crippen LogP contribution < -0.4 is 16.0 Å². The number of nitrogens with zero attached hydrogens (tertiary/aromatic N) is 1. The van der Waals surface area contributed by atoms with Crippen molar-refractivity contribution in [3.05, 3.63) is 24.2 Å². The number of rotatable bonds is 6. The first-order valence-electron chi connectivity index (χ1n) is 7.26. The number of urea groups is 1. The lowest BCUT2D eigenvalue weighted by molar-refractivity contribution is -0.134. The lowest BCUT2D eigenvalue weighted by Gasteiger charge is -2.23. The number of hydrogen-bond acceptors (Lipinski definition) is 4. The van der Waals surface area contributed by atoms with Crippen LogP contribution in [0.5, 0.6) is 0 Å². The molecule has 0 atom stereocenters. The van der Waals surface area contributed by atoms with E-state index in [4.69, 9.17) is 4.42 Å². The lowest BCUT2D eigenvalue weighted by Crippen LogP contribution is -2.48. The first-order chi connectivity index (χ1) is 10.7. The van der Waals surface area contributed by atoms with Crippen molar-refractivity contribution in [2.45, 2.75) is 32.9 Å². The van der Waals surface area contributed by atoms with Gasteiger partial charge in [-0.15, -0.1) is 0 Å². The molecule has 0 unspecified atom stereocenters. The van der Waals surface area contributed by atoms with E-state index in [0.717, 1.165) is 0 Å². The van der Waals surface area contributed by atoms with E-state index in [0.29, 0.717) is 5.76 Å². The molecule has 0 bridgehead atoms. The van der Waals surface area contributed by atoms with Gasteiger partial charge in [-0.3, -0.25) is 9.59 Å². The fraction of sp³-hybridized carbons (Fsp3) is 0.533. The number of amides is 4. The van der Waals surface area contributed by atoms with Crippen molar-refractivity contribution in [2.75, 3.05) is 20.1 Å². The van der Waals surface area contributed by atoms with Crippen molar-refractivity contribution >= 4 is 17.8 Å². The zero-order chi connectivity index (χ0) is 17.5. The Morgan fingerprint density at radius 2 is 1.91 bits per heavy atom. The highest BCUT2D eigenvalue weighted by atomic mass is 16.3. The highest BCUT2D eigenvalue weighted by Crippen LogP contribution is 1.99. The van der Waals surface area contributed by atoms with Gasteiger partial charge in [-0.2, -0.15) is 0 Å². The van der Waals surface area contributed by atoms with Crippen molar-refractivity contribution in [1.29, 1.82) is 0 Å². The first kappa shape index (κ1) is 18.5. The van der Waals surface area contributed by atoms with Gasteiger partial charge in [-0.25, -0.2) is 4.79 Å². The molecule has 0 aliphatic rings. The predicted molar refractivity (Wildman–Crippen MR) is 84.5 cm³/mol. The Kier molecular flexibility index (Phi) is 6.62. The van der Waals surface area contributed by atoms with Gasteiger partial charge in [0, 0.05) is 12.6 Å². The standard InChI is InChI=1S/C15H24N4O4/c1-15(2,3)18-12(20)10-19(4)13(21)9-17-14(22)16-8-11-6-5-7-23-11/h5-7H,8-10H2,1-4H3,(H,18,20)(H2,16,17,22). The normalized spacial score (nSPS) is 10.8. The molecule has 1 heterocycles. The molecule has 1 aromatic heterocycles. The highest BCUT2D eigenvalue weighted by molar-refractivity contribution is 5.87. The summed E-state index contributed by atoms with van der Waals surface area (Å²) in [5.74, 6) is 0.000254. The number of hydrogen-bond donors (Lipinski definition) is 3. The molecule has 0 aromatic carbocycles. The third-order valence-corrected chi connectivity index (χ3v) is 2.72. The molecule has 0 aliphatic heterocycles. The third kappa shape index (κ3) is 7.89. The second kappa shape index (κ2) is 8.21. The molecule has 23 heavy (non-hydrogen) atoms. The Hall–Kier alpha value is -2.51. The molecule has 8 nitrogen and oxygen atoms in total. The molecule has 4 amide bonds. The van der Waals surface area contributed by atoms with Gasteiger partial charge < -0.3 is 25.3 Å². The minimum atomic E-state index is -0.484. The van der Waals surface area contributed by atoms with Crippen LogP contribution in [0.25, 0.3) is 0 Å². The number of nitrogens with one attached hydrogen (secondary N) is 3. The van der Waals surface area contributed by atoms with Crippen LogP contribution in [-0.2, 0) is 16.1 Å². The lowest BCUT2D eigenvalue weighted by atomic mass is 10.1. The Morgan fingerprint density at radius 1 is 1.22 bits per heavy atom. The Balaban J connectivity index is 2.26. The smallest absolute Gasteiger partial charge is 0.315 e. The van der Waals surface area contributed by atoms with Crippen LogP contribution in [0.4, 0.5) is 4.79 Å². The summed E-state index contributed by atoms with van der Waals surface area (Å²) in [6.07, 6.45) is 1.51. The highest BCUT2D eigenvalue weighted by Gasteiger charge is 2.18. The van der Waals surface area contributed by atoms with Crippen LogP contribution in [0, 0.1) is 0 Å². The summed E-state index contributed by atoms with van der Waals surface area (Å²) in [5.41, 5.74) is -0.356. The van der Waals surface area contributed by atoms with Gasteiger partial charge in [0.2, 0.25) is 11.8 Å². The van der Waals surface area contributed by atoms with Gasteiger partial charge >= 0.3 is 6.03 Å². The van der Waals surface area contributed by atoms with Crippen LogP contribution in [0.15, 0.2) is 22.8 Å². The van der Waals surface area contributed by atoms with Crippen LogP contribution in [0.2, 0.25) is 0 Å². The van der Waals surface area contributed by atoms with Gasteiger partial charge in [0.15, 0.2) is 0 Å². The largest absolute Gasteiger partial charge is 0.467 e. The number of likely N-dealkylation sites (N-methyl/N-ethyl adjacent to an activating group) is 1. The molecular weight excluding hydrogens is 300 g/mol. The molecule has 8 heteroatoms. The van der Waals surface area contributed by atoms with E-state index in [-0.39, 0.29) is 37.0 Å². The topological polar surface area (TPSA) is 104 Å². The molecule has 0 aliphatic carbocycles. The number of carbonyl (C=O) groups excluding carboxylic acids is 3. The molecule has 1 rings (SSSR count). The minimum Gasteiger partial charge on any atom is -0.467 e. The first-order valence-corrected chi connectivity index (χ1v) is 7.26. The fourth-order valence-corrected chi connectivity index (χ4v) is 1.70. The molecule has 0 spiro atoms. The Morgan fingerprint density at radius 3 is 2.48 bits per heavy atom. The van der Waals surface area contributed by atoms with E-state index in [2.05, 4.69) is 16.0 Å². The quantitative estimate of drug-likeness (QED) is 0.707. The maximum absolute atomic E-state index is 11.9. The van der Waals surface area contributed by atoms with E-state index in [9.17, 15) is 14.4 Å². The summed E-state index contributed by atoms with van der Waals surface area (Å²) < 4.78 is 5.07. The summed E-state index contributed by atoms with van der Waals surface area (Å²) in [6.45, 7) is 5.55. The molecular formula is C15H24N4O4. The van der Waals surface area contributed by atoms with Crippen LogP contribution >= 0.6 is 0 Å². The summed E-state index contributed by atoms with van der Waals surface area (Å²) in [5, 5.41) is 7.75. The van der Waals surface area contributed by atoms with Crippen molar-refractivity contribution in [3.63, 3.8) is 0 Å². The van der Waals surface area contributed by atoms with E-state index < -0.39 is 6.03 Å². The van der Waals surface area contributed by atoms with E-state index in [1.807, 2.05) is 20.8 Å². The van der Waals surface area contributed by atoms with Gasteiger partial charge in [-0.05, 0) is 32.9 Å². The summed E-state index contributed by atoms with van der Waals surface area (Å²) in [6, 6.07) is 2.96. The Bertz CT molecular complexity index is 534. The third-order valence-electron chi connectivity index (χ3n) is 2.72.